The summed E-state index contributed by atoms with van der Waals surface area (Å²) in [6.07, 6.45) is 4.78. The van der Waals surface area contributed by atoms with E-state index in [4.69, 9.17) is 4.74 Å². The predicted molar refractivity (Wildman–Crippen MR) is 90.5 cm³/mol. The fraction of sp³-hybridized carbons (Fsp3) is 0.556. The molecule has 1 aromatic rings. The lowest BCUT2D eigenvalue weighted by Crippen LogP contribution is -2.39. The number of rotatable bonds is 7. The predicted octanol–water partition coefficient (Wildman–Crippen LogP) is 3.21. The van der Waals surface area contributed by atoms with Crippen molar-refractivity contribution in [3.05, 3.63) is 24.3 Å². The summed E-state index contributed by atoms with van der Waals surface area (Å²) >= 11 is 0. The number of hydrogen-bond donors (Lipinski definition) is 1. The molecule has 0 aromatic heterocycles. The van der Waals surface area contributed by atoms with Crippen LogP contribution in [0.4, 0.5) is 5.69 Å². The molecule has 0 atom stereocenters. The number of nitrogens with one attached hydrogen (secondary N) is 1. The summed E-state index contributed by atoms with van der Waals surface area (Å²) in [5.74, 6) is 0.777. The van der Waals surface area contributed by atoms with E-state index >= 15 is 0 Å². The summed E-state index contributed by atoms with van der Waals surface area (Å²) in [6.45, 7) is 4.63. The molecule has 2 rings (SSSR count). The molecule has 2 amide bonds. The molecule has 0 heterocycles. The molecule has 0 radical (unpaired) electrons. The molecule has 23 heavy (non-hydrogen) atoms. The van der Waals surface area contributed by atoms with Gasteiger partial charge in [-0.1, -0.05) is 12.8 Å². The fourth-order valence-electron chi connectivity index (χ4n) is 3.06. The van der Waals surface area contributed by atoms with E-state index in [2.05, 4.69) is 5.32 Å². The third-order valence-corrected chi connectivity index (χ3v) is 4.20. The van der Waals surface area contributed by atoms with Crippen LogP contribution in [0.15, 0.2) is 24.3 Å². The van der Waals surface area contributed by atoms with Crippen molar-refractivity contribution in [1.29, 1.82) is 0 Å². The van der Waals surface area contributed by atoms with Gasteiger partial charge in [-0.25, -0.2) is 0 Å². The molecule has 126 valence electrons. The number of amides is 2. The Labute approximate surface area is 138 Å². The van der Waals surface area contributed by atoms with Crippen molar-refractivity contribution in [2.24, 2.45) is 0 Å². The zero-order valence-corrected chi connectivity index (χ0v) is 14.0. The first-order chi connectivity index (χ1) is 11.1. The second-order valence-corrected chi connectivity index (χ2v) is 5.91. The molecule has 1 saturated carbocycles. The van der Waals surface area contributed by atoms with Gasteiger partial charge in [-0.2, -0.15) is 0 Å². The number of anilines is 1. The molecule has 0 bridgehead atoms. The summed E-state index contributed by atoms with van der Waals surface area (Å²) < 4.78 is 5.37. The Kier molecular flexibility index (Phi) is 6.44. The first-order valence-corrected chi connectivity index (χ1v) is 8.40. The van der Waals surface area contributed by atoms with Gasteiger partial charge in [-0.15, -0.1) is 0 Å². The van der Waals surface area contributed by atoms with Crippen molar-refractivity contribution < 1.29 is 14.3 Å². The van der Waals surface area contributed by atoms with E-state index in [1.165, 1.54) is 12.8 Å². The van der Waals surface area contributed by atoms with Crippen molar-refractivity contribution in [3.63, 3.8) is 0 Å². The van der Waals surface area contributed by atoms with Gasteiger partial charge in [0.05, 0.1) is 6.61 Å². The fourth-order valence-corrected chi connectivity index (χ4v) is 3.06. The van der Waals surface area contributed by atoms with E-state index in [9.17, 15) is 9.59 Å². The molecular formula is C18H26N2O3. The van der Waals surface area contributed by atoms with Crippen molar-refractivity contribution in [1.82, 2.24) is 4.90 Å². The lowest BCUT2D eigenvalue weighted by atomic mass is 10.2. The molecule has 1 aromatic carbocycles. The minimum atomic E-state index is -0.0709. The highest BCUT2D eigenvalue weighted by atomic mass is 16.5. The normalized spacial score (nSPS) is 14.5. The van der Waals surface area contributed by atoms with Gasteiger partial charge in [-0.3, -0.25) is 9.59 Å². The van der Waals surface area contributed by atoms with Crippen LogP contribution in [0.1, 0.15) is 46.0 Å². The highest BCUT2D eigenvalue weighted by molar-refractivity contribution is 5.91. The van der Waals surface area contributed by atoms with Gasteiger partial charge >= 0.3 is 0 Å². The van der Waals surface area contributed by atoms with Gasteiger partial charge in [0.2, 0.25) is 11.8 Å². The third kappa shape index (κ3) is 5.27. The molecule has 5 heteroatoms. The first-order valence-electron chi connectivity index (χ1n) is 8.40. The summed E-state index contributed by atoms with van der Waals surface area (Å²) in [7, 11) is 0. The standard InChI is InChI=1S/C18H26N2O3/c1-3-23-17-10-8-15(9-11-17)19-18(22)12-13-20(14(2)21)16-6-4-5-7-16/h8-11,16H,3-7,12-13H2,1-2H3,(H,19,22). The van der Waals surface area contributed by atoms with Gasteiger partial charge in [0.25, 0.3) is 0 Å². The van der Waals surface area contributed by atoms with Crippen molar-refractivity contribution in [2.45, 2.75) is 52.0 Å². The quantitative estimate of drug-likeness (QED) is 0.840. The van der Waals surface area contributed by atoms with Crippen LogP contribution in [0, 0.1) is 0 Å². The number of carbonyl (C=O) groups excluding carboxylic acids is 2. The number of benzene rings is 1. The maximum atomic E-state index is 12.1. The monoisotopic (exact) mass is 318 g/mol. The largest absolute Gasteiger partial charge is 0.494 e. The zero-order chi connectivity index (χ0) is 16.7. The molecule has 0 aliphatic heterocycles. The number of hydrogen-bond acceptors (Lipinski definition) is 3. The Balaban J connectivity index is 1.82. The summed E-state index contributed by atoms with van der Waals surface area (Å²) in [5.41, 5.74) is 0.744. The first kappa shape index (κ1) is 17.3. The second-order valence-electron chi connectivity index (χ2n) is 5.91. The van der Waals surface area contributed by atoms with Crippen LogP contribution >= 0.6 is 0 Å². The van der Waals surface area contributed by atoms with E-state index < -0.39 is 0 Å². The van der Waals surface area contributed by atoms with Crippen LogP contribution in [0.3, 0.4) is 0 Å². The van der Waals surface area contributed by atoms with E-state index in [0.717, 1.165) is 24.3 Å². The van der Waals surface area contributed by atoms with Gasteiger partial charge in [0, 0.05) is 31.6 Å². The number of ether oxygens (including phenoxy) is 1. The average Bonchev–Trinajstić information content (AvgIpc) is 3.03. The van der Waals surface area contributed by atoms with Crippen LogP contribution in [-0.2, 0) is 9.59 Å². The molecule has 1 fully saturated rings. The second kappa shape index (κ2) is 8.56. The Morgan fingerprint density at radius 1 is 1.22 bits per heavy atom. The van der Waals surface area contributed by atoms with Crippen LogP contribution in [0.2, 0.25) is 0 Å². The lowest BCUT2D eigenvalue weighted by molar-refractivity contribution is -0.131. The molecule has 0 unspecified atom stereocenters. The van der Waals surface area contributed by atoms with E-state index in [-0.39, 0.29) is 11.8 Å². The molecule has 1 N–H and O–H groups in total. The highest BCUT2D eigenvalue weighted by Gasteiger charge is 2.24. The minimum Gasteiger partial charge on any atom is -0.494 e. The van der Waals surface area contributed by atoms with Crippen molar-refractivity contribution in [3.8, 4) is 5.75 Å². The maximum Gasteiger partial charge on any atom is 0.226 e. The van der Waals surface area contributed by atoms with Gasteiger partial charge in [0.15, 0.2) is 0 Å². The Morgan fingerprint density at radius 3 is 2.43 bits per heavy atom. The summed E-state index contributed by atoms with van der Waals surface area (Å²) in [5, 5.41) is 2.86. The van der Waals surface area contributed by atoms with Crippen molar-refractivity contribution >= 4 is 17.5 Å². The summed E-state index contributed by atoms with van der Waals surface area (Å²) in [6, 6.07) is 7.62. The van der Waals surface area contributed by atoms with Crippen LogP contribution < -0.4 is 10.1 Å². The van der Waals surface area contributed by atoms with E-state index in [0.29, 0.717) is 25.6 Å². The maximum absolute atomic E-state index is 12.1. The minimum absolute atomic E-state index is 0.0609. The van der Waals surface area contributed by atoms with E-state index in [1.807, 2.05) is 36.1 Å². The molecule has 0 spiro atoms. The Morgan fingerprint density at radius 2 is 1.87 bits per heavy atom. The number of nitrogens with zero attached hydrogens (tertiary/aromatic N) is 1. The van der Waals surface area contributed by atoms with Gasteiger partial charge < -0.3 is 15.0 Å². The molecule has 0 saturated heterocycles. The highest BCUT2D eigenvalue weighted by Crippen LogP contribution is 2.24. The van der Waals surface area contributed by atoms with Crippen LogP contribution in [-0.4, -0.2) is 35.9 Å². The zero-order valence-electron chi connectivity index (χ0n) is 14.0. The molecular weight excluding hydrogens is 292 g/mol. The van der Waals surface area contributed by atoms with Crippen LogP contribution in [0.5, 0.6) is 5.75 Å². The number of carbonyl (C=O) groups is 2. The summed E-state index contributed by atoms with van der Waals surface area (Å²) in [4.78, 5) is 25.7. The van der Waals surface area contributed by atoms with E-state index in [1.54, 1.807) is 6.92 Å². The Bertz CT molecular complexity index is 522. The van der Waals surface area contributed by atoms with Gasteiger partial charge in [-0.05, 0) is 44.0 Å². The SMILES string of the molecule is CCOc1ccc(NC(=O)CCN(C(C)=O)C2CCCC2)cc1. The smallest absolute Gasteiger partial charge is 0.226 e. The molecule has 1 aliphatic carbocycles. The molecule has 5 nitrogen and oxygen atoms in total. The molecule has 1 aliphatic rings. The third-order valence-electron chi connectivity index (χ3n) is 4.20. The Hall–Kier alpha value is -2.04. The van der Waals surface area contributed by atoms with Crippen molar-refractivity contribution in [2.75, 3.05) is 18.5 Å². The topological polar surface area (TPSA) is 58.6 Å². The van der Waals surface area contributed by atoms with Gasteiger partial charge in [0.1, 0.15) is 5.75 Å². The lowest BCUT2D eigenvalue weighted by Gasteiger charge is -2.27. The average molecular weight is 318 g/mol. The van der Waals surface area contributed by atoms with Crippen LogP contribution in [0.25, 0.3) is 0 Å².